The number of carbonyl (C=O) groups excluding carboxylic acids is 1. The molecule has 0 radical (unpaired) electrons. The summed E-state index contributed by atoms with van der Waals surface area (Å²) in [6, 6.07) is 3.27. The molecular weight excluding hydrogens is 368 g/mol. The molecule has 3 atom stereocenters. The van der Waals surface area contributed by atoms with E-state index in [1.807, 2.05) is 6.07 Å². The van der Waals surface area contributed by atoms with Gasteiger partial charge in [0, 0.05) is 36.3 Å². The van der Waals surface area contributed by atoms with E-state index in [1.54, 1.807) is 41.9 Å². The van der Waals surface area contributed by atoms with Crippen molar-refractivity contribution in [2.24, 2.45) is 5.92 Å². The van der Waals surface area contributed by atoms with Crippen LogP contribution in [0.4, 0.5) is 0 Å². The van der Waals surface area contributed by atoms with E-state index in [2.05, 4.69) is 15.4 Å². The molecule has 1 unspecified atom stereocenters. The SMILES string of the molecule is O=C(N[C@@H]1CC(Cn2cc(Cl)cn2)C[C@H]1O)c1cncc(-c2ccoc2)c1. The van der Waals surface area contributed by atoms with Gasteiger partial charge >= 0.3 is 0 Å². The topological polar surface area (TPSA) is 93.2 Å². The smallest absolute Gasteiger partial charge is 0.253 e. The fourth-order valence-corrected chi connectivity index (χ4v) is 3.68. The molecule has 3 heterocycles. The van der Waals surface area contributed by atoms with Crippen molar-refractivity contribution >= 4 is 17.5 Å². The first-order valence-corrected chi connectivity index (χ1v) is 9.11. The molecule has 3 aromatic rings. The summed E-state index contributed by atoms with van der Waals surface area (Å²) in [7, 11) is 0. The maximum absolute atomic E-state index is 12.6. The highest BCUT2D eigenvalue weighted by atomic mass is 35.5. The fraction of sp³-hybridized carbons (Fsp3) is 0.316. The third-order valence-corrected chi connectivity index (χ3v) is 5.04. The number of aliphatic hydroxyl groups is 1. The first-order valence-electron chi connectivity index (χ1n) is 8.73. The van der Waals surface area contributed by atoms with Crippen LogP contribution in [0.5, 0.6) is 0 Å². The number of nitrogens with one attached hydrogen (secondary N) is 1. The molecule has 3 aromatic heterocycles. The van der Waals surface area contributed by atoms with Crippen molar-refractivity contribution in [3.63, 3.8) is 0 Å². The number of aromatic nitrogens is 3. The van der Waals surface area contributed by atoms with Crippen LogP contribution in [0.3, 0.4) is 0 Å². The Kier molecular flexibility index (Phi) is 4.96. The molecule has 1 saturated carbocycles. The second-order valence-corrected chi connectivity index (χ2v) is 7.28. The third kappa shape index (κ3) is 4.04. The van der Waals surface area contributed by atoms with Gasteiger partial charge in [-0.2, -0.15) is 5.10 Å². The molecule has 4 rings (SSSR count). The van der Waals surface area contributed by atoms with Crippen molar-refractivity contribution in [2.75, 3.05) is 0 Å². The first-order chi connectivity index (χ1) is 13.1. The third-order valence-electron chi connectivity index (χ3n) is 4.84. The van der Waals surface area contributed by atoms with Gasteiger partial charge in [0.2, 0.25) is 0 Å². The molecule has 0 spiro atoms. The van der Waals surface area contributed by atoms with Crippen molar-refractivity contribution in [3.8, 4) is 11.1 Å². The van der Waals surface area contributed by atoms with E-state index in [9.17, 15) is 9.90 Å². The van der Waals surface area contributed by atoms with Gasteiger partial charge in [-0.05, 0) is 30.9 Å². The van der Waals surface area contributed by atoms with Crippen LogP contribution in [0.2, 0.25) is 5.02 Å². The number of aliphatic hydroxyl groups excluding tert-OH is 1. The van der Waals surface area contributed by atoms with E-state index in [0.717, 1.165) is 11.1 Å². The van der Waals surface area contributed by atoms with E-state index in [-0.39, 0.29) is 17.9 Å². The zero-order valence-corrected chi connectivity index (χ0v) is 15.2. The summed E-state index contributed by atoms with van der Waals surface area (Å²) in [6.07, 6.45) is 10.4. The molecule has 0 aromatic carbocycles. The lowest BCUT2D eigenvalue weighted by atomic mass is 10.1. The standard InChI is InChI=1S/C19H19ClN4O3/c20-16-8-22-24(10-16)9-12-3-17(18(25)4-12)23-19(26)15-5-14(6-21-7-15)13-1-2-27-11-13/h1-2,5-8,10-12,17-18,25H,3-4,9H2,(H,23,26)/t12?,17-,18-/m1/s1. The highest BCUT2D eigenvalue weighted by Gasteiger charge is 2.34. The Morgan fingerprint density at radius 1 is 1.33 bits per heavy atom. The molecule has 8 heteroatoms. The molecule has 1 amide bonds. The average molecular weight is 387 g/mol. The lowest BCUT2D eigenvalue weighted by molar-refractivity contribution is 0.0872. The molecule has 0 bridgehead atoms. The van der Waals surface area contributed by atoms with E-state index in [1.165, 1.54) is 6.20 Å². The summed E-state index contributed by atoms with van der Waals surface area (Å²) in [5.74, 6) is -0.0312. The van der Waals surface area contributed by atoms with Crippen LogP contribution < -0.4 is 5.32 Å². The maximum Gasteiger partial charge on any atom is 0.253 e. The van der Waals surface area contributed by atoms with Gasteiger partial charge in [-0.25, -0.2) is 0 Å². The van der Waals surface area contributed by atoms with Crippen LogP contribution in [-0.4, -0.2) is 37.9 Å². The lowest BCUT2D eigenvalue weighted by Gasteiger charge is -2.16. The minimum absolute atomic E-state index is 0.219. The van der Waals surface area contributed by atoms with Crippen LogP contribution >= 0.6 is 11.6 Å². The molecular formula is C19H19ClN4O3. The predicted molar refractivity (Wildman–Crippen MR) is 99.2 cm³/mol. The van der Waals surface area contributed by atoms with Crippen LogP contribution in [-0.2, 0) is 6.54 Å². The van der Waals surface area contributed by atoms with Gasteiger partial charge in [0.25, 0.3) is 5.91 Å². The predicted octanol–water partition coefficient (Wildman–Crippen LogP) is 2.76. The van der Waals surface area contributed by atoms with Gasteiger partial charge in [0.1, 0.15) is 0 Å². The molecule has 140 valence electrons. The maximum atomic E-state index is 12.6. The number of halogens is 1. The number of furan rings is 1. The number of rotatable bonds is 5. The van der Waals surface area contributed by atoms with Crippen molar-refractivity contribution in [2.45, 2.75) is 31.5 Å². The highest BCUT2D eigenvalue weighted by molar-refractivity contribution is 6.30. The molecule has 2 N–H and O–H groups in total. The van der Waals surface area contributed by atoms with Crippen LogP contribution in [0.25, 0.3) is 11.1 Å². The summed E-state index contributed by atoms with van der Waals surface area (Å²) >= 11 is 5.89. The molecule has 1 fully saturated rings. The molecule has 1 aliphatic rings. The summed E-state index contributed by atoms with van der Waals surface area (Å²) in [5, 5.41) is 18.0. The van der Waals surface area contributed by atoms with Gasteiger partial charge in [0.05, 0.1) is 41.5 Å². The van der Waals surface area contributed by atoms with E-state index < -0.39 is 6.10 Å². The Balaban J connectivity index is 1.40. The van der Waals surface area contributed by atoms with E-state index >= 15 is 0 Å². The van der Waals surface area contributed by atoms with Crippen molar-refractivity contribution < 1.29 is 14.3 Å². The number of carbonyl (C=O) groups is 1. The Hall–Kier alpha value is -2.64. The van der Waals surface area contributed by atoms with Crippen LogP contribution in [0.15, 0.2) is 53.9 Å². The highest BCUT2D eigenvalue weighted by Crippen LogP contribution is 2.28. The van der Waals surface area contributed by atoms with E-state index in [4.69, 9.17) is 16.0 Å². The largest absolute Gasteiger partial charge is 0.472 e. The summed E-state index contributed by atoms with van der Waals surface area (Å²) in [4.78, 5) is 16.8. The van der Waals surface area contributed by atoms with Crippen LogP contribution in [0, 0.1) is 5.92 Å². The number of pyridine rings is 1. The summed E-state index contributed by atoms with van der Waals surface area (Å²) in [6.45, 7) is 0.660. The zero-order valence-electron chi connectivity index (χ0n) is 14.5. The van der Waals surface area contributed by atoms with E-state index in [0.29, 0.717) is 30.0 Å². The molecule has 0 saturated heterocycles. The van der Waals surface area contributed by atoms with Gasteiger partial charge in [-0.3, -0.25) is 14.5 Å². The average Bonchev–Trinajstić information content (AvgIpc) is 3.39. The Morgan fingerprint density at radius 2 is 2.22 bits per heavy atom. The van der Waals surface area contributed by atoms with Crippen molar-refractivity contribution in [1.29, 1.82) is 0 Å². The number of hydrogen-bond acceptors (Lipinski definition) is 5. The summed E-state index contributed by atoms with van der Waals surface area (Å²) < 4.78 is 6.84. The quantitative estimate of drug-likeness (QED) is 0.703. The zero-order chi connectivity index (χ0) is 18.8. The lowest BCUT2D eigenvalue weighted by Crippen LogP contribution is -2.40. The second kappa shape index (κ2) is 7.54. The Bertz CT molecular complexity index is 925. The summed E-state index contributed by atoms with van der Waals surface area (Å²) in [5.41, 5.74) is 2.11. The minimum atomic E-state index is -0.588. The molecule has 27 heavy (non-hydrogen) atoms. The fourth-order valence-electron chi connectivity index (χ4n) is 3.53. The molecule has 1 aliphatic carbocycles. The van der Waals surface area contributed by atoms with Crippen LogP contribution in [0.1, 0.15) is 23.2 Å². The number of nitrogens with zero attached hydrogens (tertiary/aromatic N) is 3. The number of amides is 1. The van der Waals surface area contributed by atoms with Gasteiger partial charge in [0.15, 0.2) is 0 Å². The minimum Gasteiger partial charge on any atom is -0.472 e. The monoisotopic (exact) mass is 386 g/mol. The van der Waals surface area contributed by atoms with Gasteiger partial charge in [-0.1, -0.05) is 11.6 Å². The molecule has 7 nitrogen and oxygen atoms in total. The molecule has 0 aliphatic heterocycles. The normalized spacial score (nSPS) is 22.1. The van der Waals surface area contributed by atoms with Gasteiger partial charge in [-0.15, -0.1) is 0 Å². The Labute approximate surface area is 161 Å². The number of hydrogen-bond donors (Lipinski definition) is 2. The van der Waals surface area contributed by atoms with Crippen molar-refractivity contribution in [1.82, 2.24) is 20.1 Å². The first kappa shape index (κ1) is 17.8. The Morgan fingerprint density at radius 3 is 2.96 bits per heavy atom. The second-order valence-electron chi connectivity index (χ2n) is 6.84. The van der Waals surface area contributed by atoms with Crippen molar-refractivity contribution in [3.05, 3.63) is 60.0 Å². The van der Waals surface area contributed by atoms with Gasteiger partial charge < -0.3 is 14.8 Å².